The molecule has 0 aromatic heterocycles. The van der Waals surface area contributed by atoms with Gasteiger partial charge in [0.25, 0.3) is 0 Å². The molecule has 1 unspecified atom stereocenters. The SMILES string of the molecule is CC(O)c1ccc(Oc2cc(F)ccc2Br)cc1Cl. The fourth-order valence-electron chi connectivity index (χ4n) is 1.59. The van der Waals surface area contributed by atoms with Crippen LogP contribution in [0.1, 0.15) is 18.6 Å². The van der Waals surface area contributed by atoms with Gasteiger partial charge in [-0.2, -0.15) is 0 Å². The van der Waals surface area contributed by atoms with Crippen LogP contribution in [0.4, 0.5) is 4.39 Å². The molecule has 2 rings (SSSR count). The highest BCUT2D eigenvalue weighted by molar-refractivity contribution is 9.10. The number of ether oxygens (including phenoxy) is 1. The van der Waals surface area contributed by atoms with Gasteiger partial charge in [-0.1, -0.05) is 17.7 Å². The molecule has 0 saturated carbocycles. The normalized spacial score (nSPS) is 12.3. The van der Waals surface area contributed by atoms with E-state index in [0.717, 1.165) is 0 Å². The van der Waals surface area contributed by atoms with Crippen LogP contribution in [0.5, 0.6) is 11.5 Å². The molecule has 0 heterocycles. The number of benzene rings is 2. The van der Waals surface area contributed by atoms with Crippen molar-refractivity contribution in [2.45, 2.75) is 13.0 Å². The second-order valence-electron chi connectivity index (χ2n) is 4.04. The highest BCUT2D eigenvalue weighted by atomic mass is 79.9. The van der Waals surface area contributed by atoms with Crippen molar-refractivity contribution in [3.05, 3.63) is 57.3 Å². The van der Waals surface area contributed by atoms with Gasteiger partial charge in [-0.15, -0.1) is 0 Å². The van der Waals surface area contributed by atoms with Crippen LogP contribution in [0.3, 0.4) is 0 Å². The minimum absolute atomic E-state index is 0.362. The molecule has 2 aromatic rings. The summed E-state index contributed by atoms with van der Waals surface area (Å²) < 4.78 is 19.3. The monoisotopic (exact) mass is 344 g/mol. The van der Waals surface area contributed by atoms with E-state index in [1.165, 1.54) is 12.1 Å². The Morgan fingerprint density at radius 2 is 2.00 bits per heavy atom. The molecule has 2 nitrogen and oxygen atoms in total. The minimum Gasteiger partial charge on any atom is -0.456 e. The van der Waals surface area contributed by atoms with Crippen molar-refractivity contribution in [2.75, 3.05) is 0 Å². The van der Waals surface area contributed by atoms with E-state index in [1.807, 2.05) is 0 Å². The number of aliphatic hydroxyl groups excluding tert-OH is 1. The van der Waals surface area contributed by atoms with Gasteiger partial charge in [-0.25, -0.2) is 4.39 Å². The standard InChI is InChI=1S/C14H11BrClFO2/c1-8(18)11-4-3-10(7-13(11)16)19-14-6-9(17)2-5-12(14)15/h2-8,18H,1H3. The lowest BCUT2D eigenvalue weighted by atomic mass is 10.1. The zero-order valence-corrected chi connectivity index (χ0v) is 12.4. The van der Waals surface area contributed by atoms with Gasteiger partial charge in [0.05, 0.1) is 15.6 Å². The van der Waals surface area contributed by atoms with Crippen molar-refractivity contribution in [3.8, 4) is 11.5 Å². The highest BCUT2D eigenvalue weighted by Gasteiger charge is 2.09. The summed E-state index contributed by atoms with van der Waals surface area (Å²) >= 11 is 9.32. The Labute approximate surface area is 123 Å². The zero-order valence-electron chi connectivity index (χ0n) is 10.0. The maximum absolute atomic E-state index is 13.1. The molecule has 1 atom stereocenters. The molecule has 1 N–H and O–H groups in total. The summed E-state index contributed by atoms with van der Waals surface area (Å²) in [5.41, 5.74) is 0.618. The van der Waals surface area contributed by atoms with Crippen molar-refractivity contribution in [3.63, 3.8) is 0 Å². The summed E-state index contributed by atoms with van der Waals surface area (Å²) in [4.78, 5) is 0. The number of aliphatic hydroxyl groups is 1. The smallest absolute Gasteiger partial charge is 0.144 e. The highest BCUT2D eigenvalue weighted by Crippen LogP contribution is 2.33. The van der Waals surface area contributed by atoms with E-state index in [0.29, 0.717) is 26.6 Å². The van der Waals surface area contributed by atoms with Crippen LogP contribution in [0.15, 0.2) is 40.9 Å². The van der Waals surface area contributed by atoms with E-state index in [1.54, 1.807) is 31.2 Å². The van der Waals surface area contributed by atoms with Crippen LogP contribution in [-0.4, -0.2) is 5.11 Å². The molecule has 0 amide bonds. The molecular weight excluding hydrogens is 335 g/mol. The molecule has 0 spiro atoms. The van der Waals surface area contributed by atoms with Crippen LogP contribution < -0.4 is 4.74 Å². The molecule has 0 saturated heterocycles. The molecule has 0 bridgehead atoms. The van der Waals surface area contributed by atoms with Crippen LogP contribution >= 0.6 is 27.5 Å². The zero-order chi connectivity index (χ0) is 14.0. The van der Waals surface area contributed by atoms with Gasteiger partial charge in [0.1, 0.15) is 17.3 Å². The summed E-state index contributed by atoms with van der Waals surface area (Å²) in [7, 11) is 0. The summed E-state index contributed by atoms with van der Waals surface area (Å²) in [5, 5.41) is 9.89. The Morgan fingerprint density at radius 3 is 2.63 bits per heavy atom. The average molecular weight is 346 g/mol. The predicted molar refractivity (Wildman–Crippen MR) is 76.3 cm³/mol. The van der Waals surface area contributed by atoms with Gasteiger partial charge in [-0.05, 0) is 52.7 Å². The molecule has 0 aliphatic heterocycles. The lowest BCUT2D eigenvalue weighted by molar-refractivity contribution is 0.199. The number of hydrogen-bond acceptors (Lipinski definition) is 2. The van der Waals surface area contributed by atoms with Crippen LogP contribution in [-0.2, 0) is 0 Å². The summed E-state index contributed by atoms with van der Waals surface area (Å²) in [6.45, 7) is 1.63. The van der Waals surface area contributed by atoms with Gasteiger partial charge in [0.15, 0.2) is 0 Å². The van der Waals surface area contributed by atoms with Gasteiger partial charge >= 0.3 is 0 Å². The van der Waals surface area contributed by atoms with Crippen LogP contribution in [0.2, 0.25) is 5.02 Å². The predicted octanol–water partition coefficient (Wildman–Crippen LogP) is 5.09. The molecule has 0 fully saturated rings. The molecule has 0 radical (unpaired) electrons. The van der Waals surface area contributed by atoms with Crippen molar-refractivity contribution in [1.29, 1.82) is 0 Å². The molecule has 0 aliphatic carbocycles. The quantitative estimate of drug-likeness (QED) is 0.840. The number of rotatable bonds is 3. The fourth-order valence-corrected chi connectivity index (χ4v) is 2.25. The lowest BCUT2D eigenvalue weighted by Crippen LogP contribution is -1.93. The van der Waals surface area contributed by atoms with E-state index >= 15 is 0 Å². The largest absolute Gasteiger partial charge is 0.456 e. The van der Waals surface area contributed by atoms with Crippen molar-refractivity contribution in [2.24, 2.45) is 0 Å². The Balaban J connectivity index is 2.29. The number of halogens is 3. The Morgan fingerprint density at radius 1 is 1.26 bits per heavy atom. The van der Waals surface area contributed by atoms with E-state index in [4.69, 9.17) is 16.3 Å². The summed E-state index contributed by atoms with van der Waals surface area (Å²) in [5.74, 6) is 0.450. The molecule has 100 valence electrons. The molecule has 2 aromatic carbocycles. The third-order valence-electron chi connectivity index (χ3n) is 2.54. The lowest BCUT2D eigenvalue weighted by Gasteiger charge is -2.11. The van der Waals surface area contributed by atoms with E-state index in [9.17, 15) is 9.50 Å². The third kappa shape index (κ3) is 3.47. The fraction of sp³-hybridized carbons (Fsp3) is 0.143. The van der Waals surface area contributed by atoms with Crippen molar-refractivity contribution < 1.29 is 14.2 Å². The third-order valence-corrected chi connectivity index (χ3v) is 3.53. The molecule has 0 aliphatic rings. The minimum atomic E-state index is -0.651. The first-order valence-corrected chi connectivity index (χ1v) is 6.75. The van der Waals surface area contributed by atoms with E-state index in [2.05, 4.69) is 15.9 Å². The maximum atomic E-state index is 13.1. The molecule has 19 heavy (non-hydrogen) atoms. The summed E-state index contributed by atoms with van der Waals surface area (Å²) in [6.07, 6.45) is -0.651. The Kier molecular flexibility index (Phi) is 4.45. The first kappa shape index (κ1) is 14.3. The molecular formula is C14H11BrClFO2. The van der Waals surface area contributed by atoms with Gasteiger partial charge in [-0.3, -0.25) is 0 Å². The van der Waals surface area contributed by atoms with Crippen molar-refractivity contribution >= 4 is 27.5 Å². The Bertz CT molecular complexity index is 602. The molecule has 5 heteroatoms. The van der Waals surface area contributed by atoms with Gasteiger partial charge in [0, 0.05) is 6.07 Å². The average Bonchev–Trinajstić information content (AvgIpc) is 2.33. The van der Waals surface area contributed by atoms with Crippen LogP contribution in [0, 0.1) is 5.82 Å². The second-order valence-corrected chi connectivity index (χ2v) is 5.30. The summed E-state index contributed by atoms with van der Waals surface area (Å²) in [6, 6.07) is 9.11. The van der Waals surface area contributed by atoms with Crippen molar-refractivity contribution in [1.82, 2.24) is 0 Å². The number of hydrogen-bond donors (Lipinski definition) is 1. The second kappa shape index (κ2) is 5.90. The van der Waals surface area contributed by atoms with Gasteiger partial charge in [0.2, 0.25) is 0 Å². The first-order valence-electron chi connectivity index (χ1n) is 5.58. The Hall–Kier alpha value is -1.10. The van der Waals surface area contributed by atoms with Gasteiger partial charge < -0.3 is 9.84 Å². The topological polar surface area (TPSA) is 29.5 Å². The first-order chi connectivity index (χ1) is 8.97. The maximum Gasteiger partial charge on any atom is 0.144 e. The van der Waals surface area contributed by atoms with E-state index < -0.39 is 6.10 Å². The van der Waals surface area contributed by atoms with Crippen LogP contribution in [0.25, 0.3) is 0 Å². The van der Waals surface area contributed by atoms with E-state index in [-0.39, 0.29) is 5.82 Å².